The Hall–Kier alpha value is -3.32. The van der Waals surface area contributed by atoms with Crippen LogP contribution >= 0.6 is 0 Å². The smallest absolute Gasteiger partial charge is 0.338 e. The minimum absolute atomic E-state index is 0.278. The number of urea groups is 1. The number of hydrogen-bond acceptors (Lipinski definition) is 5. The normalized spacial score (nSPS) is 19.4. The number of carbonyl (C=O) groups excluding carboxylic acids is 2. The van der Waals surface area contributed by atoms with E-state index >= 15 is 0 Å². The molecule has 2 N–H and O–H groups in total. The molecule has 0 bridgehead atoms. The monoisotopic (exact) mass is 434 g/mol. The van der Waals surface area contributed by atoms with Gasteiger partial charge in [0.25, 0.3) is 0 Å². The quantitative estimate of drug-likeness (QED) is 0.684. The largest absolute Gasteiger partial charge is 0.463 e. The number of ether oxygens (including phenoxy) is 1. The predicted octanol–water partition coefficient (Wildman–Crippen LogP) is 2.99. The van der Waals surface area contributed by atoms with Gasteiger partial charge >= 0.3 is 12.0 Å². The number of esters is 1. The summed E-state index contributed by atoms with van der Waals surface area (Å²) in [5, 5.41) is 5.77. The van der Waals surface area contributed by atoms with E-state index in [0.717, 1.165) is 31.7 Å². The fourth-order valence-corrected chi connectivity index (χ4v) is 4.38. The minimum Gasteiger partial charge on any atom is -0.463 e. The zero-order valence-corrected chi connectivity index (χ0v) is 18.6. The van der Waals surface area contributed by atoms with Crippen LogP contribution in [0.5, 0.6) is 0 Å². The van der Waals surface area contributed by atoms with Crippen LogP contribution in [0, 0.1) is 6.92 Å². The van der Waals surface area contributed by atoms with Crippen molar-refractivity contribution >= 4 is 17.7 Å². The van der Waals surface area contributed by atoms with Crippen LogP contribution in [0.4, 0.5) is 10.5 Å². The Labute approximate surface area is 189 Å². The summed E-state index contributed by atoms with van der Waals surface area (Å²) in [7, 11) is 0. The van der Waals surface area contributed by atoms with Crippen LogP contribution in [0.1, 0.15) is 24.1 Å². The van der Waals surface area contributed by atoms with Gasteiger partial charge in [-0.1, -0.05) is 48.5 Å². The molecule has 0 aromatic heterocycles. The Balaban J connectivity index is 1.55. The van der Waals surface area contributed by atoms with Gasteiger partial charge in [0.2, 0.25) is 0 Å². The first-order valence-corrected chi connectivity index (χ1v) is 11.1. The molecular weight excluding hydrogens is 404 g/mol. The lowest BCUT2D eigenvalue weighted by molar-refractivity contribution is -0.139. The summed E-state index contributed by atoms with van der Waals surface area (Å²) in [6, 6.07) is 17.1. The molecule has 168 valence electrons. The van der Waals surface area contributed by atoms with Crippen molar-refractivity contribution in [2.75, 3.05) is 44.2 Å². The zero-order valence-electron chi connectivity index (χ0n) is 18.6. The molecule has 7 nitrogen and oxygen atoms in total. The Morgan fingerprint density at radius 2 is 1.72 bits per heavy atom. The molecule has 2 aromatic carbocycles. The van der Waals surface area contributed by atoms with E-state index in [1.54, 1.807) is 6.92 Å². The molecule has 1 saturated heterocycles. The van der Waals surface area contributed by atoms with E-state index in [4.69, 9.17) is 4.74 Å². The van der Waals surface area contributed by atoms with Gasteiger partial charge < -0.3 is 20.3 Å². The molecule has 2 heterocycles. The number of nitrogens with one attached hydrogen (secondary N) is 2. The number of aryl methyl sites for hydroxylation is 1. The number of piperazine rings is 1. The van der Waals surface area contributed by atoms with Crippen LogP contribution in [-0.2, 0) is 9.53 Å². The van der Waals surface area contributed by atoms with Gasteiger partial charge in [-0.2, -0.15) is 0 Å². The SMILES string of the molecule is CCOC(=O)C1=C(CN2CCN(c3ccccc3C)CC2)NC(=O)N[C@@H]1c1ccccc1. The Kier molecular flexibility index (Phi) is 6.75. The molecule has 2 aliphatic rings. The number of para-hydroxylation sites is 1. The van der Waals surface area contributed by atoms with Crippen LogP contribution in [0.3, 0.4) is 0 Å². The third-order valence-corrected chi connectivity index (χ3v) is 5.99. The summed E-state index contributed by atoms with van der Waals surface area (Å²) >= 11 is 0. The first-order valence-electron chi connectivity index (χ1n) is 11.1. The standard InChI is InChI=1S/C25H30N4O3/c1-3-32-24(30)22-20(26-25(31)27-23(22)19-10-5-4-6-11-19)17-28-13-15-29(16-14-28)21-12-8-7-9-18(21)2/h4-12,23H,3,13-17H2,1-2H3,(H2,26,27,31)/t23-/m1/s1. The molecule has 0 spiro atoms. The van der Waals surface area contributed by atoms with Crippen molar-refractivity contribution in [2.45, 2.75) is 19.9 Å². The average Bonchev–Trinajstić information content (AvgIpc) is 2.80. The van der Waals surface area contributed by atoms with Gasteiger partial charge in [0, 0.05) is 44.1 Å². The van der Waals surface area contributed by atoms with Crippen LogP contribution < -0.4 is 15.5 Å². The molecule has 1 atom stereocenters. The molecule has 32 heavy (non-hydrogen) atoms. The number of benzene rings is 2. The van der Waals surface area contributed by atoms with Crippen molar-refractivity contribution in [3.05, 3.63) is 77.0 Å². The maximum absolute atomic E-state index is 12.9. The molecular formula is C25H30N4O3. The van der Waals surface area contributed by atoms with E-state index in [-0.39, 0.29) is 12.6 Å². The van der Waals surface area contributed by atoms with E-state index in [2.05, 4.69) is 51.6 Å². The van der Waals surface area contributed by atoms with Crippen molar-refractivity contribution in [1.82, 2.24) is 15.5 Å². The highest BCUT2D eigenvalue weighted by Gasteiger charge is 2.34. The van der Waals surface area contributed by atoms with E-state index in [0.29, 0.717) is 17.8 Å². The van der Waals surface area contributed by atoms with E-state index in [9.17, 15) is 9.59 Å². The fraction of sp³-hybridized carbons (Fsp3) is 0.360. The lowest BCUT2D eigenvalue weighted by Crippen LogP contribution is -2.52. The topological polar surface area (TPSA) is 73.9 Å². The molecule has 0 saturated carbocycles. The molecule has 2 amide bonds. The second-order valence-electron chi connectivity index (χ2n) is 8.10. The summed E-state index contributed by atoms with van der Waals surface area (Å²) in [6.07, 6.45) is 0. The van der Waals surface area contributed by atoms with Crippen LogP contribution in [0.2, 0.25) is 0 Å². The van der Waals surface area contributed by atoms with Crippen LogP contribution in [0.25, 0.3) is 0 Å². The molecule has 0 radical (unpaired) electrons. The molecule has 1 fully saturated rings. The minimum atomic E-state index is -0.535. The van der Waals surface area contributed by atoms with Gasteiger partial charge in [-0.25, -0.2) is 9.59 Å². The number of hydrogen-bond donors (Lipinski definition) is 2. The first-order chi connectivity index (χ1) is 15.6. The predicted molar refractivity (Wildman–Crippen MR) is 124 cm³/mol. The highest BCUT2D eigenvalue weighted by molar-refractivity contribution is 5.95. The molecule has 7 heteroatoms. The Morgan fingerprint density at radius 3 is 2.41 bits per heavy atom. The van der Waals surface area contributed by atoms with Crippen molar-refractivity contribution in [2.24, 2.45) is 0 Å². The van der Waals surface area contributed by atoms with Crippen molar-refractivity contribution in [1.29, 1.82) is 0 Å². The highest BCUT2D eigenvalue weighted by Crippen LogP contribution is 2.28. The summed E-state index contributed by atoms with van der Waals surface area (Å²) < 4.78 is 5.36. The van der Waals surface area contributed by atoms with Gasteiger partial charge in [-0.05, 0) is 31.0 Å². The average molecular weight is 435 g/mol. The van der Waals surface area contributed by atoms with E-state index in [1.807, 2.05) is 30.3 Å². The lowest BCUT2D eigenvalue weighted by atomic mass is 9.95. The lowest BCUT2D eigenvalue weighted by Gasteiger charge is -2.38. The zero-order chi connectivity index (χ0) is 22.5. The van der Waals surface area contributed by atoms with Gasteiger partial charge in [0.15, 0.2) is 0 Å². The fourth-order valence-electron chi connectivity index (χ4n) is 4.38. The summed E-state index contributed by atoms with van der Waals surface area (Å²) in [5.41, 5.74) is 4.47. The number of anilines is 1. The van der Waals surface area contributed by atoms with Crippen molar-refractivity contribution < 1.29 is 14.3 Å². The Bertz CT molecular complexity index is 997. The number of rotatable bonds is 6. The van der Waals surface area contributed by atoms with Crippen molar-refractivity contribution in [3.63, 3.8) is 0 Å². The maximum atomic E-state index is 12.9. The first kappa shape index (κ1) is 21.9. The number of carbonyl (C=O) groups is 2. The van der Waals surface area contributed by atoms with E-state index in [1.165, 1.54) is 11.3 Å². The van der Waals surface area contributed by atoms with Crippen LogP contribution in [-0.4, -0.2) is 56.2 Å². The third kappa shape index (κ3) is 4.78. The van der Waals surface area contributed by atoms with Gasteiger partial charge in [0.1, 0.15) is 0 Å². The summed E-state index contributed by atoms with van der Waals surface area (Å²) in [4.78, 5) is 30.0. The van der Waals surface area contributed by atoms with Gasteiger partial charge in [-0.15, -0.1) is 0 Å². The second-order valence-corrected chi connectivity index (χ2v) is 8.10. The van der Waals surface area contributed by atoms with Crippen LogP contribution in [0.15, 0.2) is 65.9 Å². The van der Waals surface area contributed by atoms with Gasteiger partial charge in [0.05, 0.1) is 18.2 Å². The second kappa shape index (κ2) is 9.87. The Morgan fingerprint density at radius 1 is 1.03 bits per heavy atom. The van der Waals surface area contributed by atoms with Crippen molar-refractivity contribution in [3.8, 4) is 0 Å². The van der Waals surface area contributed by atoms with E-state index < -0.39 is 12.0 Å². The maximum Gasteiger partial charge on any atom is 0.338 e. The third-order valence-electron chi connectivity index (χ3n) is 5.99. The molecule has 0 aliphatic carbocycles. The highest BCUT2D eigenvalue weighted by atomic mass is 16.5. The van der Waals surface area contributed by atoms with Gasteiger partial charge in [-0.3, -0.25) is 4.90 Å². The summed E-state index contributed by atoms with van der Waals surface area (Å²) in [6.45, 7) is 8.15. The number of amides is 2. The molecule has 2 aromatic rings. The molecule has 4 rings (SSSR count). The summed E-state index contributed by atoms with van der Waals surface area (Å²) in [5.74, 6) is -0.401. The molecule has 2 aliphatic heterocycles. The molecule has 0 unspecified atom stereocenters. The number of nitrogens with zero attached hydrogens (tertiary/aromatic N) is 2.